The van der Waals surface area contributed by atoms with Crippen LogP contribution in [0.4, 0.5) is 0 Å². The third-order valence-electron chi connectivity index (χ3n) is 7.10. The van der Waals surface area contributed by atoms with E-state index in [1.165, 1.54) is 0 Å². The van der Waals surface area contributed by atoms with E-state index in [0.717, 1.165) is 25.9 Å². The van der Waals surface area contributed by atoms with Crippen molar-refractivity contribution in [2.24, 2.45) is 0 Å². The van der Waals surface area contributed by atoms with Crippen LogP contribution in [0.15, 0.2) is 27.8 Å². The maximum atomic E-state index is 14.0. The number of nitrogens with zero attached hydrogens (tertiary/aromatic N) is 7. The van der Waals surface area contributed by atoms with Crippen LogP contribution in [0.2, 0.25) is 5.02 Å². The lowest BCUT2D eigenvalue weighted by molar-refractivity contribution is -0.0292. The predicted molar refractivity (Wildman–Crippen MR) is 134 cm³/mol. The zero-order valence-corrected chi connectivity index (χ0v) is 21.4. The van der Waals surface area contributed by atoms with E-state index in [2.05, 4.69) is 26.1 Å². The number of hydrogen-bond donors (Lipinski definition) is 0. The summed E-state index contributed by atoms with van der Waals surface area (Å²) in [7, 11) is 0. The number of ether oxygens (including phenoxy) is 2. The van der Waals surface area contributed by atoms with Crippen molar-refractivity contribution in [3.8, 4) is 17.6 Å². The molecule has 5 heterocycles. The van der Waals surface area contributed by atoms with Crippen molar-refractivity contribution in [1.82, 2.24) is 29.0 Å². The van der Waals surface area contributed by atoms with Crippen molar-refractivity contribution in [3.05, 3.63) is 45.3 Å². The fourth-order valence-corrected chi connectivity index (χ4v) is 5.35. The molecule has 192 valence electrons. The second-order valence-corrected chi connectivity index (χ2v) is 10.4. The van der Waals surface area contributed by atoms with Gasteiger partial charge in [-0.15, -0.1) is 0 Å². The van der Waals surface area contributed by atoms with E-state index in [1.54, 1.807) is 27.4 Å². The Bertz CT molecular complexity index is 1590. The molecule has 1 atom stereocenters. The first-order chi connectivity index (χ1) is 17.9. The summed E-state index contributed by atoms with van der Waals surface area (Å²) in [5.41, 5.74) is 1.41. The molecule has 0 aliphatic carbocycles. The SMILES string of the molecule is CC1(C)CCC(c2nc(-c3ncn4c3c(=O)n(CCN3CCOCC3)c3c(C#N)c(Cl)ccc34)no2)O1. The summed E-state index contributed by atoms with van der Waals surface area (Å²) < 4.78 is 20.3. The van der Waals surface area contributed by atoms with Gasteiger partial charge in [-0.25, -0.2) is 4.98 Å². The van der Waals surface area contributed by atoms with Crippen molar-refractivity contribution in [2.75, 3.05) is 32.8 Å². The minimum absolute atomic E-state index is 0.219. The summed E-state index contributed by atoms with van der Waals surface area (Å²) in [4.78, 5) is 25.3. The molecule has 1 unspecified atom stereocenters. The average Bonchev–Trinajstić information content (AvgIpc) is 3.62. The van der Waals surface area contributed by atoms with Crippen LogP contribution in [0.5, 0.6) is 0 Å². The highest BCUT2D eigenvalue weighted by molar-refractivity contribution is 6.32. The molecule has 0 spiro atoms. The van der Waals surface area contributed by atoms with Crippen LogP contribution >= 0.6 is 11.6 Å². The number of fused-ring (bicyclic) bond motifs is 3. The quantitative estimate of drug-likeness (QED) is 0.388. The molecule has 12 heteroatoms. The Hall–Kier alpha value is -3.30. The summed E-state index contributed by atoms with van der Waals surface area (Å²) in [6, 6.07) is 5.62. The van der Waals surface area contributed by atoms with Crippen LogP contribution in [-0.2, 0) is 16.0 Å². The first-order valence-electron chi connectivity index (χ1n) is 12.3. The van der Waals surface area contributed by atoms with Gasteiger partial charge in [0.15, 0.2) is 0 Å². The fourth-order valence-electron chi connectivity index (χ4n) is 5.16. The number of imidazole rings is 1. The van der Waals surface area contributed by atoms with Gasteiger partial charge in [0.25, 0.3) is 11.4 Å². The molecule has 0 saturated carbocycles. The molecule has 6 rings (SSSR count). The third kappa shape index (κ3) is 4.20. The lowest BCUT2D eigenvalue weighted by Gasteiger charge is -2.27. The molecule has 1 aromatic carbocycles. The zero-order chi connectivity index (χ0) is 25.7. The van der Waals surface area contributed by atoms with E-state index in [1.807, 2.05) is 13.8 Å². The van der Waals surface area contributed by atoms with Crippen molar-refractivity contribution < 1.29 is 14.0 Å². The number of benzene rings is 1. The molecule has 0 bridgehead atoms. The van der Waals surface area contributed by atoms with Gasteiger partial charge in [-0.1, -0.05) is 16.8 Å². The van der Waals surface area contributed by atoms with Gasteiger partial charge >= 0.3 is 0 Å². The number of nitriles is 1. The molecular weight excluding hydrogens is 498 g/mol. The minimum atomic E-state index is -0.309. The Labute approximate surface area is 217 Å². The van der Waals surface area contributed by atoms with Crippen LogP contribution < -0.4 is 5.56 Å². The smallest absolute Gasteiger partial charge is 0.277 e. The first-order valence-corrected chi connectivity index (χ1v) is 12.7. The van der Waals surface area contributed by atoms with Crippen LogP contribution in [0.1, 0.15) is 44.2 Å². The molecule has 2 aliphatic rings. The molecule has 0 radical (unpaired) electrons. The molecule has 4 aromatic rings. The van der Waals surface area contributed by atoms with E-state index in [-0.39, 0.29) is 33.7 Å². The molecule has 2 fully saturated rings. The summed E-state index contributed by atoms with van der Waals surface area (Å²) in [6.45, 7) is 7.91. The van der Waals surface area contributed by atoms with Gasteiger partial charge in [-0.3, -0.25) is 14.1 Å². The van der Waals surface area contributed by atoms with Gasteiger partial charge in [0.2, 0.25) is 5.82 Å². The third-order valence-corrected chi connectivity index (χ3v) is 7.42. The van der Waals surface area contributed by atoms with E-state index < -0.39 is 0 Å². The van der Waals surface area contributed by atoms with Gasteiger partial charge in [0.05, 0.1) is 40.4 Å². The molecule has 2 aliphatic heterocycles. The summed E-state index contributed by atoms with van der Waals surface area (Å²) in [6.07, 6.45) is 2.90. The van der Waals surface area contributed by atoms with E-state index in [9.17, 15) is 10.1 Å². The molecule has 3 aromatic heterocycles. The van der Waals surface area contributed by atoms with E-state index in [4.69, 9.17) is 25.6 Å². The van der Waals surface area contributed by atoms with Crippen LogP contribution in [0.3, 0.4) is 0 Å². The Morgan fingerprint density at radius 3 is 2.76 bits per heavy atom. The number of morpholine rings is 1. The van der Waals surface area contributed by atoms with Crippen LogP contribution in [0.25, 0.3) is 28.1 Å². The molecule has 0 N–H and O–H groups in total. The Morgan fingerprint density at radius 2 is 2.03 bits per heavy atom. The topological polar surface area (TPSA) is 124 Å². The van der Waals surface area contributed by atoms with Gasteiger partial charge in [0.1, 0.15) is 29.7 Å². The largest absolute Gasteiger partial charge is 0.379 e. The molecular formula is C25H26ClN7O4. The maximum absolute atomic E-state index is 14.0. The van der Waals surface area contributed by atoms with Gasteiger partial charge in [-0.2, -0.15) is 10.2 Å². The lowest BCUT2D eigenvalue weighted by Crippen LogP contribution is -2.39. The second-order valence-electron chi connectivity index (χ2n) is 9.99. The maximum Gasteiger partial charge on any atom is 0.277 e. The summed E-state index contributed by atoms with van der Waals surface area (Å²) in [5.74, 6) is 0.588. The fraction of sp³-hybridized carbons (Fsp3) is 0.480. The summed E-state index contributed by atoms with van der Waals surface area (Å²) >= 11 is 6.38. The standard InChI is InChI=1S/C25H26ClN7O4/c1-25(2)6-5-18(36-25)23-29-22(30-37-23)19-21-24(34)32(8-7-31-9-11-35-12-10-31)20-15(13-27)16(26)3-4-17(20)33(21)14-28-19/h3-4,14,18H,5-12H2,1-2H3. The molecule has 11 nitrogen and oxygen atoms in total. The summed E-state index contributed by atoms with van der Waals surface area (Å²) in [5, 5.41) is 14.3. The van der Waals surface area contributed by atoms with Crippen molar-refractivity contribution in [3.63, 3.8) is 0 Å². The van der Waals surface area contributed by atoms with E-state index >= 15 is 0 Å². The number of hydrogen-bond acceptors (Lipinski definition) is 9. The van der Waals surface area contributed by atoms with Crippen LogP contribution in [0, 0.1) is 11.3 Å². The van der Waals surface area contributed by atoms with Crippen molar-refractivity contribution >= 4 is 28.2 Å². The minimum Gasteiger partial charge on any atom is -0.379 e. The predicted octanol–water partition coefficient (Wildman–Crippen LogP) is 3.19. The highest BCUT2D eigenvalue weighted by Crippen LogP contribution is 2.38. The molecule has 0 amide bonds. The van der Waals surface area contributed by atoms with Crippen molar-refractivity contribution in [1.29, 1.82) is 5.26 Å². The highest BCUT2D eigenvalue weighted by atomic mass is 35.5. The number of halogens is 1. The second kappa shape index (κ2) is 9.22. The van der Waals surface area contributed by atoms with Crippen molar-refractivity contribution in [2.45, 2.75) is 44.9 Å². The first kappa shape index (κ1) is 24.1. The Morgan fingerprint density at radius 1 is 1.22 bits per heavy atom. The Balaban J connectivity index is 1.48. The average molecular weight is 524 g/mol. The van der Waals surface area contributed by atoms with E-state index in [0.29, 0.717) is 54.4 Å². The van der Waals surface area contributed by atoms with Gasteiger partial charge < -0.3 is 18.6 Å². The van der Waals surface area contributed by atoms with Gasteiger partial charge in [-0.05, 0) is 38.8 Å². The molecule has 2 saturated heterocycles. The number of aromatic nitrogens is 5. The van der Waals surface area contributed by atoms with Crippen LogP contribution in [-0.4, -0.2) is 67.4 Å². The number of rotatable bonds is 5. The molecule has 37 heavy (non-hydrogen) atoms. The lowest BCUT2D eigenvalue weighted by atomic mass is 10.1. The highest BCUT2D eigenvalue weighted by Gasteiger charge is 2.36. The Kier molecular flexibility index (Phi) is 6.00. The zero-order valence-electron chi connectivity index (χ0n) is 20.6. The van der Waals surface area contributed by atoms with Gasteiger partial charge in [0, 0.05) is 26.2 Å². The normalized spacial score (nSPS) is 20.1. The monoisotopic (exact) mass is 523 g/mol.